The molecule has 0 radical (unpaired) electrons. The van der Waals surface area contributed by atoms with Crippen LogP contribution in [0.3, 0.4) is 0 Å². The van der Waals surface area contributed by atoms with Crippen LogP contribution < -0.4 is 10.1 Å². The number of carbonyl (C=O) groups is 2. The first-order valence-electron chi connectivity index (χ1n) is 6.27. The number of nitrogens with zero attached hydrogens (tertiary/aromatic N) is 1. The van der Waals surface area contributed by atoms with Crippen molar-refractivity contribution in [3.8, 4) is 5.75 Å². The quantitative estimate of drug-likeness (QED) is 0.842. The van der Waals surface area contributed by atoms with Crippen molar-refractivity contribution in [3.63, 3.8) is 0 Å². The first-order valence-corrected chi connectivity index (χ1v) is 6.27. The van der Waals surface area contributed by atoms with Gasteiger partial charge in [-0.3, -0.25) is 19.8 Å². The Hall–Kier alpha value is -1.95. The highest BCUT2D eigenvalue weighted by atomic mass is 19.1. The number of carbonyl (C=O) groups excluding carboxylic acids is 2. The summed E-state index contributed by atoms with van der Waals surface area (Å²) in [6.45, 7) is 3.58. The second-order valence-corrected chi connectivity index (χ2v) is 5.23. The molecule has 0 bridgehead atoms. The third kappa shape index (κ3) is 2.65. The van der Waals surface area contributed by atoms with Gasteiger partial charge < -0.3 is 4.74 Å². The van der Waals surface area contributed by atoms with Crippen LogP contribution in [0.25, 0.3) is 0 Å². The highest BCUT2D eigenvalue weighted by Crippen LogP contribution is 2.21. The zero-order valence-corrected chi connectivity index (χ0v) is 11.7. The second-order valence-electron chi connectivity index (χ2n) is 5.23. The average Bonchev–Trinajstić information content (AvgIpc) is 2.40. The molecule has 108 valence electrons. The number of ether oxygens (including phenoxy) is 1. The molecule has 1 fully saturated rings. The van der Waals surface area contributed by atoms with Crippen LogP contribution in [0.4, 0.5) is 4.39 Å². The van der Waals surface area contributed by atoms with E-state index in [1.807, 2.05) is 0 Å². The number of methoxy groups -OCH3 is 1. The minimum atomic E-state index is -0.793. The molecule has 1 aromatic carbocycles. The fourth-order valence-electron chi connectivity index (χ4n) is 2.07. The number of imide groups is 1. The lowest BCUT2D eigenvalue weighted by atomic mass is 10.00. The Morgan fingerprint density at radius 1 is 1.40 bits per heavy atom. The van der Waals surface area contributed by atoms with Gasteiger partial charge >= 0.3 is 0 Å². The van der Waals surface area contributed by atoms with Gasteiger partial charge in [0.15, 0.2) is 11.6 Å². The molecule has 1 heterocycles. The van der Waals surface area contributed by atoms with Crippen LogP contribution in [0, 0.1) is 5.82 Å². The molecule has 2 amide bonds. The summed E-state index contributed by atoms with van der Waals surface area (Å²) in [5.74, 6) is -1.01. The van der Waals surface area contributed by atoms with Crippen molar-refractivity contribution in [1.82, 2.24) is 10.2 Å². The summed E-state index contributed by atoms with van der Waals surface area (Å²) in [6, 6.07) is 4.39. The summed E-state index contributed by atoms with van der Waals surface area (Å²) in [5, 5.41) is 2.87. The summed E-state index contributed by atoms with van der Waals surface area (Å²) >= 11 is 0. The molecule has 1 aliphatic rings. The van der Waals surface area contributed by atoms with Crippen molar-refractivity contribution >= 4 is 11.8 Å². The number of benzene rings is 1. The number of rotatable bonds is 3. The Bertz CT molecular complexity index is 557. The van der Waals surface area contributed by atoms with Crippen LogP contribution in [0.1, 0.15) is 19.4 Å². The summed E-state index contributed by atoms with van der Waals surface area (Å²) in [4.78, 5) is 25.2. The van der Waals surface area contributed by atoms with E-state index in [1.165, 1.54) is 19.2 Å². The smallest absolute Gasteiger partial charge is 0.249 e. The maximum atomic E-state index is 13.6. The van der Waals surface area contributed by atoms with E-state index in [2.05, 4.69) is 5.32 Å². The number of nitrogens with one attached hydrogen (secondary N) is 1. The molecule has 1 aromatic rings. The molecule has 0 aromatic heterocycles. The molecule has 0 saturated carbocycles. The van der Waals surface area contributed by atoms with E-state index in [4.69, 9.17) is 4.74 Å². The second kappa shape index (κ2) is 5.20. The Morgan fingerprint density at radius 2 is 2.10 bits per heavy atom. The van der Waals surface area contributed by atoms with Crippen LogP contribution >= 0.6 is 0 Å². The topological polar surface area (TPSA) is 58.6 Å². The molecule has 0 atom stereocenters. The lowest BCUT2D eigenvalue weighted by molar-refractivity contribution is -0.153. The van der Waals surface area contributed by atoms with Gasteiger partial charge in [0.05, 0.1) is 25.7 Å². The van der Waals surface area contributed by atoms with Crippen molar-refractivity contribution in [3.05, 3.63) is 29.6 Å². The van der Waals surface area contributed by atoms with Gasteiger partial charge in [-0.25, -0.2) is 4.39 Å². The van der Waals surface area contributed by atoms with Crippen LogP contribution in [0.2, 0.25) is 0 Å². The van der Waals surface area contributed by atoms with Crippen molar-refractivity contribution in [2.45, 2.75) is 25.9 Å². The van der Waals surface area contributed by atoms with E-state index >= 15 is 0 Å². The Morgan fingerprint density at radius 3 is 2.70 bits per heavy atom. The molecule has 1 aliphatic heterocycles. The van der Waals surface area contributed by atoms with Gasteiger partial charge in [-0.2, -0.15) is 0 Å². The summed E-state index contributed by atoms with van der Waals surface area (Å²) in [7, 11) is 1.38. The minimum absolute atomic E-state index is 0.0592. The van der Waals surface area contributed by atoms with E-state index in [0.717, 1.165) is 4.90 Å². The third-order valence-corrected chi connectivity index (χ3v) is 3.32. The molecule has 6 heteroatoms. The first kappa shape index (κ1) is 14.5. The van der Waals surface area contributed by atoms with Crippen LogP contribution in [-0.4, -0.2) is 35.9 Å². The minimum Gasteiger partial charge on any atom is -0.494 e. The lowest BCUT2D eigenvalue weighted by Gasteiger charge is -2.36. The summed E-state index contributed by atoms with van der Waals surface area (Å²) < 4.78 is 18.5. The molecule has 0 aliphatic carbocycles. The van der Waals surface area contributed by atoms with Crippen molar-refractivity contribution in [1.29, 1.82) is 0 Å². The summed E-state index contributed by atoms with van der Waals surface area (Å²) in [6.07, 6.45) is 0. The molecule has 1 saturated heterocycles. The van der Waals surface area contributed by atoms with Crippen LogP contribution in [-0.2, 0) is 16.1 Å². The van der Waals surface area contributed by atoms with Crippen molar-refractivity contribution in [2.75, 3.05) is 13.7 Å². The van der Waals surface area contributed by atoms with Gasteiger partial charge in [-0.1, -0.05) is 6.07 Å². The van der Waals surface area contributed by atoms with E-state index in [9.17, 15) is 14.0 Å². The maximum Gasteiger partial charge on any atom is 0.249 e. The van der Waals surface area contributed by atoms with Gasteiger partial charge in [0.25, 0.3) is 0 Å². The normalized spacial score (nSPS) is 18.3. The molecule has 1 N–H and O–H groups in total. The number of piperazine rings is 1. The van der Waals surface area contributed by atoms with E-state index in [-0.39, 0.29) is 30.7 Å². The van der Waals surface area contributed by atoms with Gasteiger partial charge in [0.2, 0.25) is 11.8 Å². The Kier molecular flexibility index (Phi) is 3.76. The fourth-order valence-corrected chi connectivity index (χ4v) is 2.07. The zero-order valence-electron chi connectivity index (χ0n) is 11.7. The predicted octanol–water partition coefficient (Wildman–Crippen LogP) is 1.07. The molecular weight excluding hydrogens is 263 g/mol. The Labute approximate surface area is 116 Å². The maximum absolute atomic E-state index is 13.6. The molecular formula is C14H17FN2O3. The standard InChI is InChI=1S/C14H17FN2O3/c1-14(2)13(19)17(12(18)7-16-14)8-9-4-5-11(20-3)10(15)6-9/h4-6,16H,7-8H2,1-3H3. The highest BCUT2D eigenvalue weighted by molar-refractivity contribution is 6.02. The average molecular weight is 280 g/mol. The van der Waals surface area contributed by atoms with Gasteiger partial charge in [0, 0.05) is 0 Å². The summed E-state index contributed by atoms with van der Waals surface area (Å²) in [5.41, 5.74) is -0.249. The van der Waals surface area contributed by atoms with Crippen molar-refractivity contribution in [2.24, 2.45) is 0 Å². The lowest BCUT2D eigenvalue weighted by Crippen LogP contribution is -2.63. The first-order chi connectivity index (χ1) is 9.35. The number of hydrogen-bond acceptors (Lipinski definition) is 4. The molecule has 0 spiro atoms. The molecule has 2 rings (SSSR count). The molecule has 20 heavy (non-hydrogen) atoms. The van der Waals surface area contributed by atoms with E-state index in [0.29, 0.717) is 5.56 Å². The third-order valence-electron chi connectivity index (χ3n) is 3.32. The SMILES string of the molecule is COc1ccc(CN2C(=O)CNC(C)(C)C2=O)cc1F. The van der Waals surface area contributed by atoms with E-state index in [1.54, 1.807) is 19.9 Å². The van der Waals surface area contributed by atoms with Gasteiger partial charge in [-0.05, 0) is 31.5 Å². The monoisotopic (exact) mass is 280 g/mol. The van der Waals surface area contributed by atoms with Crippen LogP contribution in [0.5, 0.6) is 5.75 Å². The zero-order chi connectivity index (χ0) is 14.9. The Balaban J connectivity index is 2.22. The number of halogens is 1. The highest BCUT2D eigenvalue weighted by Gasteiger charge is 2.39. The van der Waals surface area contributed by atoms with Gasteiger partial charge in [0.1, 0.15) is 0 Å². The van der Waals surface area contributed by atoms with Crippen LogP contribution in [0.15, 0.2) is 18.2 Å². The molecule has 0 unspecified atom stereocenters. The predicted molar refractivity (Wildman–Crippen MR) is 70.6 cm³/mol. The largest absolute Gasteiger partial charge is 0.494 e. The fraction of sp³-hybridized carbons (Fsp3) is 0.429. The van der Waals surface area contributed by atoms with Gasteiger partial charge in [-0.15, -0.1) is 0 Å². The number of hydrogen-bond donors (Lipinski definition) is 1. The van der Waals surface area contributed by atoms with Crippen molar-refractivity contribution < 1.29 is 18.7 Å². The number of amides is 2. The van der Waals surface area contributed by atoms with E-state index < -0.39 is 11.4 Å². The molecule has 5 nitrogen and oxygen atoms in total.